The highest BCUT2D eigenvalue weighted by molar-refractivity contribution is 7.87. The molecule has 3 nitrogen and oxygen atoms in total. The quantitative estimate of drug-likeness (QED) is 0.774. The lowest BCUT2D eigenvalue weighted by Gasteiger charge is -1.98. The third-order valence-electron chi connectivity index (χ3n) is 1.78. The summed E-state index contributed by atoms with van der Waals surface area (Å²) in [4.78, 5) is 0. The molecule has 0 bridgehead atoms. The molecule has 1 unspecified atom stereocenters. The van der Waals surface area contributed by atoms with Crippen LogP contribution in [0.5, 0.6) is 0 Å². The van der Waals surface area contributed by atoms with Gasteiger partial charge in [0.15, 0.2) is 0 Å². The molecular formula is C8H11F3N2OS2. The van der Waals surface area contributed by atoms with Crippen LogP contribution in [-0.2, 0) is 17.0 Å². The number of hydrogen-bond donors (Lipinski definition) is 0. The Morgan fingerprint density at radius 2 is 2.00 bits per heavy atom. The summed E-state index contributed by atoms with van der Waals surface area (Å²) in [5, 5.41) is 5.26. The van der Waals surface area contributed by atoms with Gasteiger partial charge in [0.1, 0.15) is 0 Å². The first kappa shape index (κ1) is 13.6. The van der Waals surface area contributed by atoms with Crippen molar-refractivity contribution >= 4 is 22.1 Å². The minimum atomic E-state index is -4.50. The Balaban J connectivity index is 2.60. The molecule has 0 aliphatic carbocycles. The normalized spacial score (nSPS) is 14.0. The molecule has 0 aliphatic heterocycles. The van der Waals surface area contributed by atoms with E-state index in [2.05, 4.69) is 10.2 Å². The standard InChI is InChI=1S/C8H11F3N2OS2/c1-2-3-4-5-16(14)7-13-12-6(15-7)8(9,10)11/h2-5H2,1H3. The lowest BCUT2D eigenvalue weighted by atomic mass is 10.3. The highest BCUT2D eigenvalue weighted by Crippen LogP contribution is 2.32. The maximum atomic E-state index is 12.2. The van der Waals surface area contributed by atoms with Crippen LogP contribution in [0.1, 0.15) is 31.2 Å². The van der Waals surface area contributed by atoms with Crippen molar-refractivity contribution in [2.45, 2.75) is 36.7 Å². The second-order valence-electron chi connectivity index (χ2n) is 3.13. The molecule has 0 saturated heterocycles. The van der Waals surface area contributed by atoms with Gasteiger partial charge >= 0.3 is 6.18 Å². The van der Waals surface area contributed by atoms with Gasteiger partial charge in [0.05, 0.1) is 10.8 Å². The van der Waals surface area contributed by atoms with Crippen molar-refractivity contribution in [2.24, 2.45) is 0 Å². The van der Waals surface area contributed by atoms with E-state index in [4.69, 9.17) is 0 Å². The number of halogens is 3. The summed E-state index contributed by atoms with van der Waals surface area (Å²) < 4.78 is 48.0. The third kappa shape index (κ3) is 3.82. The summed E-state index contributed by atoms with van der Waals surface area (Å²) in [5.74, 6) is 0.348. The van der Waals surface area contributed by atoms with Gasteiger partial charge in [0, 0.05) is 5.75 Å². The number of aromatic nitrogens is 2. The first-order valence-electron chi connectivity index (χ1n) is 4.74. The maximum Gasteiger partial charge on any atom is 0.445 e. The number of unbranched alkanes of at least 4 members (excludes halogenated alkanes) is 2. The van der Waals surface area contributed by atoms with Gasteiger partial charge in [-0.15, -0.1) is 10.2 Å². The molecule has 1 rings (SSSR count). The van der Waals surface area contributed by atoms with Gasteiger partial charge < -0.3 is 0 Å². The lowest BCUT2D eigenvalue weighted by Crippen LogP contribution is -2.03. The highest BCUT2D eigenvalue weighted by Gasteiger charge is 2.36. The van der Waals surface area contributed by atoms with E-state index in [1.165, 1.54) is 0 Å². The smallest absolute Gasteiger partial charge is 0.252 e. The minimum absolute atomic E-state index is 0.0385. The maximum absolute atomic E-state index is 12.2. The molecule has 16 heavy (non-hydrogen) atoms. The molecule has 0 N–H and O–H groups in total. The molecule has 1 aromatic rings. The lowest BCUT2D eigenvalue weighted by molar-refractivity contribution is -0.138. The Bertz CT molecular complexity index is 364. The fraction of sp³-hybridized carbons (Fsp3) is 0.750. The van der Waals surface area contributed by atoms with Crippen LogP contribution in [0.4, 0.5) is 13.2 Å². The van der Waals surface area contributed by atoms with Crippen LogP contribution < -0.4 is 0 Å². The number of rotatable bonds is 5. The molecule has 92 valence electrons. The van der Waals surface area contributed by atoms with Crippen LogP contribution in [0, 0.1) is 0 Å². The fourth-order valence-electron chi connectivity index (χ4n) is 0.987. The Morgan fingerprint density at radius 3 is 2.50 bits per heavy atom. The zero-order chi connectivity index (χ0) is 12.2. The Morgan fingerprint density at radius 1 is 1.31 bits per heavy atom. The summed E-state index contributed by atoms with van der Waals surface area (Å²) in [6.07, 6.45) is -1.88. The predicted octanol–water partition coefficient (Wildman–Crippen LogP) is 2.85. The van der Waals surface area contributed by atoms with Gasteiger partial charge in [-0.1, -0.05) is 31.1 Å². The van der Waals surface area contributed by atoms with E-state index in [9.17, 15) is 17.4 Å². The average Bonchev–Trinajstić information content (AvgIpc) is 2.66. The number of hydrogen-bond acceptors (Lipinski definition) is 4. The molecule has 0 fully saturated rings. The van der Waals surface area contributed by atoms with Crippen molar-refractivity contribution in [2.75, 3.05) is 5.75 Å². The van der Waals surface area contributed by atoms with Crippen molar-refractivity contribution in [3.05, 3.63) is 5.01 Å². The van der Waals surface area contributed by atoms with Crippen molar-refractivity contribution in [1.29, 1.82) is 0 Å². The minimum Gasteiger partial charge on any atom is -0.252 e. The molecule has 0 aromatic carbocycles. The van der Waals surface area contributed by atoms with Crippen molar-refractivity contribution in [3.8, 4) is 0 Å². The van der Waals surface area contributed by atoms with E-state index in [1.54, 1.807) is 0 Å². The van der Waals surface area contributed by atoms with Crippen molar-refractivity contribution in [3.63, 3.8) is 0 Å². The largest absolute Gasteiger partial charge is 0.445 e. The van der Waals surface area contributed by atoms with Crippen LogP contribution in [-0.4, -0.2) is 20.2 Å². The summed E-state index contributed by atoms with van der Waals surface area (Å²) in [5.41, 5.74) is 0. The van der Waals surface area contributed by atoms with Crippen LogP contribution in [0.25, 0.3) is 0 Å². The topological polar surface area (TPSA) is 42.9 Å². The summed E-state index contributed by atoms with van der Waals surface area (Å²) in [7, 11) is -1.45. The zero-order valence-corrected chi connectivity index (χ0v) is 10.2. The first-order valence-corrected chi connectivity index (χ1v) is 6.87. The average molecular weight is 272 g/mol. The second-order valence-corrected chi connectivity index (χ2v) is 5.85. The van der Waals surface area contributed by atoms with E-state index in [0.29, 0.717) is 17.1 Å². The molecule has 0 saturated carbocycles. The van der Waals surface area contributed by atoms with Crippen molar-refractivity contribution < 1.29 is 17.4 Å². The molecule has 0 radical (unpaired) electrons. The summed E-state index contributed by atoms with van der Waals surface area (Å²) >= 11 is 0.359. The number of alkyl halides is 3. The van der Waals surface area contributed by atoms with Crippen molar-refractivity contribution in [1.82, 2.24) is 10.2 Å². The zero-order valence-electron chi connectivity index (χ0n) is 8.58. The molecule has 0 spiro atoms. The second kappa shape index (κ2) is 5.72. The molecule has 1 atom stereocenters. The SMILES string of the molecule is CCCCCS(=O)c1nnc(C(F)(F)F)s1. The van der Waals surface area contributed by atoms with Gasteiger partial charge in [-0.2, -0.15) is 13.2 Å². The summed E-state index contributed by atoms with van der Waals surface area (Å²) in [6.45, 7) is 2.00. The van der Waals surface area contributed by atoms with Crippen LogP contribution in [0.3, 0.4) is 0 Å². The van der Waals surface area contributed by atoms with Gasteiger partial charge in [-0.3, -0.25) is 4.21 Å². The fourth-order valence-corrected chi connectivity index (χ4v) is 3.06. The predicted molar refractivity (Wildman–Crippen MR) is 55.7 cm³/mol. The first-order chi connectivity index (χ1) is 7.45. The van der Waals surface area contributed by atoms with Crippen LogP contribution in [0.2, 0.25) is 0 Å². The molecule has 0 aliphatic rings. The van der Waals surface area contributed by atoms with E-state index in [0.717, 1.165) is 19.3 Å². The Kier molecular flexibility index (Phi) is 4.85. The number of nitrogens with zero attached hydrogens (tertiary/aromatic N) is 2. The van der Waals surface area contributed by atoms with E-state index in [1.807, 2.05) is 6.92 Å². The monoisotopic (exact) mass is 272 g/mol. The Hall–Kier alpha value is -0.500. The van der Waals surface area contributed by atoms with Gasteiger partial charge in [0.25, 0.3) is 0 Å². The van der Waals surface area contributed by atoms with E-state index >= 15 is 0 Å². The molecular weight excluding hydrogens is 261 g/mol. The highest BCUT2D eigenvalue weighted by atomic mass is 32.2. The van der Waals surface area contributed by atoms with Gasteiger partial charge in [-0.25, -0.2) is 0 Å². The molecule has 1 heterocycles. The van der Waals surface area contributed by atoms with Crippen LogP contribution >= 0.6 is 11.3 Å². The third-order valence-corrected chi connectivity index (χ3v) is 4.48. The van der Waals surface area contributed by atoms with Crippen LogP contribution in [0.15, 0.2) is 4.34 Å². The van der Waals surface area contributed by atoms with E-state index < -0.39 is 22.0 Å². The van der Waals surface area contributed by atoms with Gasteiger partial charge in [-0.05, 0) is 6.42 Å². The van der Waals surface area contributed by atoms with E-state index in [-0.39, 0.29) is 4.34 Å². The molecule has 8 heteroatoms. The summed E-state index contributed by atoms with van der Waals surface area (Å²) in [6, 6.07) is 0. The molecule has 1 aromatic heterocycles. The molecule has 0 amide bonds. The Labute approximate surface area is 97.5 Å². The van der Waals surface area contributed by atoms with Gasteiger partial charge in [0.2, 0.25) is 9.35 Å².